The third-order valence-electron chi connectivity index (χ3n) is 4.79. The van der Waals surface area contributed by atoms with E-state index in [-0.39, 0.29) is 0 Å². The highest BCUT2D eigenvalue weighted by molar-refractivity contribution is 6.01. The summed E-state index contributed by atoms with van der Waals surface area (Å²) in [6, 6.07) is 13.6. The average molecular weight is 407 g/mol. The quantitative estimate of drug-likeness (QED) is 0.582. The maximum absolute atomic E-state index is 12.8. The fourth-order valence-corrected chi connectivity index (χ4v) is 3.21. The van der Waals surface area contributed by atoms with Gasteiger partial charge in [0.2, 0.25) is 0 Å². The molecule has 3 heterocycles. The lowest BCUT2D eigenvalue weighted by atomic mass is 10.1. The first-order chi connectivity index (χ1) is 14.5. The normalized spacial score (nSPS) is 15.7. The van der Waals surface area contributed by atoms with E-state index < -0.39 is 24.5 Å². The van der Waals surface area contributed by atoms with Gasteiger partial charge in [0.05, 0.1) is 18.1 Å². The topological polar surface area (TPSA) is 88.5 Å². The predicted molar refractivity (Wildman–Crippen MR) is 109 cm³/mol. The Kier molecular flexibility index (Phi) is 5.38. The van der Waals surface area contributed by atoms with Crippen molar-refractivity contribution in [2.24, 2.45) is 5.10 Å². The Morgan fingerprint density at radius 3 is 2.47 bits per heavy atom. The van der Waals surface area contributed by atoms with Crippen molar-refractivity contribution < 1.29 is 23.2 Å². The minimum Gasteiger partial charge on any atom is -0.467 e. The molecule has 0 bridgehead atoms. The predicted octanol–water partition coefficient (Wildman–Crippen LogP) is 3.47. The summed E-state index contributed by atoms with van der Waals surface area (Å²) in [5.74, 6) is 0.160. The summed E-state index contributed by atoms with van der Waals surface area (Å²) < 4.78 is 16.1. The van der Waals surface area contributed by atoms with E-state index in [0.29, 0.717) is 29.2 Å². The molecule has 1 aliphatic rings. The largest absolute Gasteiger partial charge is 0.467 e. The minimum atomic E-state index is -0.572. The van der Waals surface area contributed by atoms with E-state index in [1.807, 2.05) is 31.1 Å². The molecule has 3 aromatic rings. The van der Waals surface area contributed by atoms with E-state index >= 15 is 0 Å². The van der Waals surface area contributed by atoms with Crippen molar-refractivity contribution >= 4 is 23.3 Å². The van der Waals surface area contributed by atoms with Gasteiger partial charge in [0.1, 0.15) is 23.3 Å². The lowest BCUT2D eigenvalue weighted by Crippen LogP contribution is -2.31. The van der Waals surface area contributed by atoms with Crippen LogP contribution in [0.2, 0.25) is 0 Å². The number of benzene rings is 1. The Balaban J connectivity index is 1.45. The van der Waals surface area contributed by atoms with E-state index in [1.54, 1.807) is 48.9 Å². The lowest BCUT2D eigenvalue weighted by Gasteiger charge is -2.19. The van der Waals surface area contributed by atoms with E-state index in [1.165, 1.54) is 5.01 Å². The maximum Gasteiger partial charge on any atom is 0.338 e. The minimum absolute atomic E-state index is 0.372. The van der Waals surface area contributed by atoms with Crippen LogP contribution in [0.15, 0.2) is 75.0 Å². The molecule has 0 spiro atoms. The van der Waals surface area contributed by atoms with Gasteiger partial charge in [-0.15, -0.1) is 0 Å². The van der Waals surface area contributed by atoms with Crippen LogP contribution in [0.5, 0.6) is 0 Å². The smallest absolute Gasteiger partial charge is 0.338 e. The third-order valence-corrected chi connectivity index (χ3v) is 4.79. The van der Waals surface area contributed by atoms with Gasteiger partial charge in [0.25, 0.3) is 5.91 Å². The van der Waals surface area contributed by atoms with Gasteiger partial charge < -0.3 is 18.5 Å². The zero-order valence-electron chi connectivity index (χ0n) is 16.6. The van der Waals surface area contributed by atoms with Crippen molar-refractivity contribution in [1.82, 2.24) is 5.01 Å². The number of carbonyl (C=O) groups is 2. The molecule has 8 nitrogen and oxygen atoms in total. The van der Waals surface area contributed by atoms with Crippen molar-refractivity contribution in [2.45, 2.75) is 12.5 Å². The number of rotatable bonds is 6. The molecule has 1 unspecified atom stereocenters. The van der Waals surface area contributed by atoms with Crippen LogP contribution in [-0.4, -0.2) is 43.3 Å². The summed E-state index contributed by atoms with van der Waals surface area (Å²) in [7, 11) is 3.82. The van der Waals surface area contributed by atoms with Gasteiger partial charge >= 0.3 is 5.97 Å². The molecule has 8 heteroatoms. The molecule has 1 aromatic carbocycles. The van der Waals surface area contributed by atoms with Crippen molar-refractivity contribution in [3.8, 4) is 0 Å². The van der Waals surface area contributed by atoms with E-state index in [2.05, 4.69) is 5.10 Å². The second kappa shape index (κ2) is 8.28. The Bertz CT molecular complexity index is 1040. The molecule has 1 atom stereocenters. The molecular weight excluding hydrogens is 386 g/mol. The summed E-state index contributed by atoms with van der Waals surface area (Å²) in [6.45, 7) is -0.430. The summed E-state index contributed by atoms with van der Waals surface area (Å²) >= 11 is 0. The first-order valence-corrected chi connectivity index (χ1v) is 9.44. The van der Waals surface area contributed by atoms with Gasteiger partial charge in [-0.1, -0.05) is 0 Å². The number of carbonyl (C=O) groups excluding carboxylic acids is 2. The van der Waals surface area contributed by atoms with E-state index in [0.717, 1.165) is 5.69 Å². The molecule has 0 N–H and O–H groups in total. The highest BCUT2D eigenvalue weighted by atomic mass is 16.5. The number of hydrogen-bond donors (Lipinski definition) is 0. The van der Waals surface area contributed by atoms with Crippen LogP contribution in [0.4, 0.5) is 5.69 Å². The third kappa shape index (κ3) is 3.98. The molecule has 4 rings (SSSR count). The monoisotopic (exact) mass is 407 g/mol. The van der Waals surface area contributed by atoms with Gasteiger partial charge in [0.15, 0.2) is 6.61 Å². The van der Waals surface area contributed by atoms with Crippen molar-refractivity contribution in [2.75, 3.05) is 25.6 Å². The number of anilines is 1. The van der Waals surface area contributed by atoms with Crippen molar-refractivity contribution in [3.63, 3.8) is 0 Å². The number of amides is 1. The fraction of sp³-hybridized carbons (Fsp3) is 0.227. The van der Waals surface area contributed by atoms with Gasteiger partial charge in [-0.05, 0) is 48.5 Å². The van der Waals surface area contributed by atoms with Gasteiger partial charge in [-0.25, -0.2) is 9.80 Å². The summed E-state index contributed by atoms with van der Waals surface area (Å²) in [5.41, 5.74) is 1.96. The molecule has 1 aliphatic heterocycles. The van der Waals surface area contributed by atoms with Gasteiger partial charge in [0, 0.05) is 26.2 Å². The highest BCUT2D eigenvalue weighted by Gasteiger charge is 2.36. The van der Waals surface area contributed by atoms with Crippen LogP contribution in [-0.2, 0) is 9.53 Å². The van der Waals surface area contributed by atoms with E-state index in [9.17, 15) is 9.59 Å². The Morgan fingerprint density at radius 2 is 1.83 bits per heavy atom. The maximum atomic E-state index is 12.8. The molecule has 0 fully saturated rings. The standard InChI is InChI=1S/C22H21N3O5/c1-24(2)16-9-7-15(8-10-16)22(27)30-14-21(26)25-18(20-6-4-12-29-20)13-17(23-25)19-5-3-11-28-19/h3-12,18H,13-14H2,1-2H3. The molecule has 2 aromatic heterocycles. The second-order valence-corrected chi connectivity index (χ2v) is 7.02. The van der Waals surface area contributed by atoms with Crippen LogP contribution in [0, 0.1) is 0 Å². The van der Waals surface area contributed by atoms with Gasteiger partial charge in [-0.2, -0.15) is 5.10 Å². The van der Waals surface area contributed by atoms with Crippen LogP contribution >= 0.6 is 0 Å². The molecule has 0 aliphatic carbocycles. The first-order valence-electron chi connectivity index (χ1n) is 9.44. The molecule has 154 valence electrons. The fourth-order valence-electron chi connectivity index (χ4n) is 3.21. The van der Waals surface area contributed by atoms with Crippen molar-refractivity contribution in [3.05, 3.63) is 78.1 Å². The first kappa shape index (κ1) is 19.5. The number of hydrazone groups is 1. The molecule has 1 amide bonds. The zero-order chi connectivity index (χ0) is 21.1. The summed E-state index contributed by atoms with van der Waals surface area (Å²) in [5, 5.41) is 5.69. The SMILES string of the molecule is CN(C)c1ccc(C(=O)OCC(=O)N2N=C(c3ccco3)CC2c2ccco2)cc1. The van der Waals surface area contributed by atoms with Crippen molar-refractivity contribution in [1.29, 1.82) is 0 Å². The number of furan rings is 2. The summed E-state index contributed by atoms with van der Waals surface area (Å²) in [6.07, 6.45) is 3.53. The number of nitrogens with zero attached hydrogens (tertiary/aromatic N) is 3. The second-order valence-electron chi connectivity index (χ2n) is 7.02. The van der Waals surface area contributed by atoms with Crippen LogP contribution < -0.4 is 4.90 Å². The van der Waals surface area contributed by atoms with Crippen LogP contribution in [0.25, 0.3) is 0 Å². The Hall–Kier alpha value is -3.81. The molecule has 0 radical (unpaired) electrons. The number of esters is 1. The molecule has 0 saturated heterocycles. The van der Waals surface area contributed by atoms with Crippen LogP contribution in [0.3, 0.4) is 0 Å². The number of ether oxygens (including phenoxy) is 1. The van der Waals surface area contributed by atoms with Crippen LogP contribution in [0.1, 0.15) is 34.3 Å². The van der Waals surface area contributed by atoms with Gasteiger partial charge in [-0.3, -0.25) is 4.79 Å². The number of hydrogen-bond acceptors (Lipinski definition) is 7. The lowest BCUT2D eigenvalue weighted by molar-refractivity contribution is -0.136. The molecule has 30 heavy (non-hydrogen) atoms. The highest BCUT2D eigenvalue weighted by Crippen LogP contribution is 2.33. The Morgan fingerprint density at radius 1 is 1.10 bits per heavy atom. The molecular formula is C22H21N3O5. The molecule has 0 saturated carbocycles. The van der Waals surface area contributed by atoms with E-state index in [4.69, 9.17) is 13.6 Å². The Labute approximate surface area is 173 Å². The summed E-state index contributed by atoms with van der Waals surface area (Å²) in [4.78, 5) is 27.1. The zero-order valence-corrected chi connectivity index (χ0v) is 16.6. The average Bonchev–Trinajstić information content (AvgIpc) is 3.52.